The van der Waals surface area contributed by atoms with E-state index in [9.17, 15) is 18.0 Å². The van der Waals surface area contributed by atoms with E-state index in [1.165, 1.54) is 13.3 Å². The number of H-pyrrole nitrogens is 1. The topological polar surface area (TPSA) is 103 Å². The van der Waals surface area contributed by atoms with Crippen molar-refractivity contribution in [3.63, 3.8) is 0 Å². The molecule has 32 heavy (non-hydrogen) atoms. The third-order valence-electron chi connectivity index (χ3n) is 5.69. The lowest BCUT2D eigenvalue weighted by Gasteiger charge is -2.30. The second kappa shape index (κ2) is 8.83. The fourth-order valence-electron chi connectivity index (χ4n) is 4.04. The monoisotopic (exact) mass is 450 g/mol. The molecule has 4 rings (SSSR count). The molecule has 1 aromatic heterocycles. The van der Waals surface area contributed by atoms with Gasteiger partial charge in [0.2, 0.25) is 0 Å². The van der Waals surface area contributed by atoms with Crippen LogP contribution in [-0.2, 0) is 4.74 Å². The van der Waals surface area contributed by atoms with E-state index in [0.29, 0.717) is 27.7 Å². The van der Waals surface area contributed by atoms with Gasteiger partial charge in [0.1, 0.15) is 0 Å². The molecule has 1 fully saturated rings. The molecule has 2 atom stereocenters. The molecule has 172 valence electrons. The number of aromatic nitrogens is 1. The molecule has 0 spiro atoms. The number of rotatable bonds is 4. The van der Waals surface area contributed by atoms with Crippen LogP contribution >= 0.6 is 0 Å². The molecule has 5 N–H and O–H groups in total. The number of aliphatic imine (C=N–C) groups is 1. The minimum absolute atomic E-state index is 0.115. The molecular weight excluding hydrogens is 425 g/mol. The molecular formula is C21H25F3N6O2. The molecule has 1 saturated heterocycles. The highest BCUT2D eigenvalue weighted by atomic mass is 19.4. The maximum absolute atomic E-state index is 13.8. The molecule has 0 bridgehead atoms. The number of amides is 1. The van der Waals surface area contributed by atoms with Crippen LogP contribution in [0.5, 0.6) is 0 Å². The van der Waals surface area contributed by atoms with E-state index >= 15 is 0 Å². The zero-order valence-corrected chi connectivity index (χ0v) is 17.7. The number of benzene rings is 1. The Hall–Kier alpha value is -3.05. The normalized spacial score (nSPS) is 21.5. The van der Waals surface area contributed by atoms with Crippen LogP contribution < -0.4 is 21.3 Å². The van der Waals surface area contributed by atoms with Gasteiger partial charge in [0.15, 0.2) is 6.29 Å². The maximum atomic E-state index is 13.8. The SMILES string of the molecule is COC(=O)Nc1ccc2c(C3=NC(NC4CCCNC4)NC=C3C(F)(F)F)c[nH]c2c1C. The molecule has 8 nitrogen and oxygen atoms in total. The third-order valence-corrected chi connectivity index (χ3v) is 5.69. The number of hydrogen-bond donors (Lipinski definition) is 5. The Morgan fingerprint density at radius 1 is 1.31 bits per heavy atom. The van der Waals surface area contributed by atoms with Crippen molar-refractivity contribution in [2.24, 2.45) is 4.99 Å². The highest BCUT2D eigenvalue weighted by Gasteiger charge is 2.40. The molecule has 2 aliphatic rings. The van der Waals surface area contributed by atoms with Gasteiger partial charge in [-0.3, -0.25) is 10.6 Å². The van der Waals surface area contributed by atoms with Crippen LogP contribution in [0.25, 0.3) is 10.9 Å². The predicted molar refractivity (Wildman–Crippen MR) is 116 cm³/mol. The van der Waals surface area contributed by atoms with Crippen LogP contribution in [0.1, 0.15) is 24.0 Å². The number of allylic oxidation sites excluding steroid dienone is 1. The zero-order valence-electron chi connectivity index (χ0n) is 17.7. The molecule has 2 aromatic rings. The van der Waals surface area contributed by atoms with Crippen LogP contribution in [0.15, 0.2) is 35.1 Å². The summed E-state index contributed by atoms with van der Waals surface area (Å²) in [6.07, 6.45) is -1.46. The number of methoxy groups -OCH3 is 1. The number of fused-ring (bicyclic) bond motifs is 1. The van der Waals surface area contributed by atoms with Crippen molar-refractivity contribution in [1.29, 1.82) is 0 Å². The number of halogens is 3. The Labute approximate surface area is 182 Å². The van der Waals surface area contributed by atoms with Crippen molar-refractivity contribution >= 4 is 28.4 Å². The number of carbonyl (C=O) groups excluding carboxylic acids is 1. The van der Waals surface area contributed by atoms with Gasteiger partial charge >= 0.3 is 12.3 Å². The lowest BCUT2D eigenvalue weighted by Crippen LogP contribution is -2.52. The number of aromatic amines is 1. The third kappa shape index (κ3) is 4.44. The minimum Gasteiger partial charge on any atom is -0.453 e. The summed E-state index contributed by atoms with van der Waals surface area (Å²) in [5.41, 5.74) is 1.14. The number of aryl methyl sites for hydroxylation is 1. The second-order valence-electron chi connectivity index (χ2n) is 7.79. The van der Waals surface area contributed by atoms with Crippen molar-refractivity contribution in [3.8, 4) is 0 Å². The van der Waals surface area contributed by atoms with Crippen molar-refractivity contribution in [2.45, 2.75) is 38.3 Å². The number of nitrogens with one attached hydrogen (secondary N) is 5. The van der Waals surface area contributed by atoms with Gasteiger partial charge in [-0.25, -0.2) is 9.79 Å². The van der Waals surface area contributed by atoms with Gasteiger partial charge in [-0.15, -0.1) is 0 Å². The summed E-state index contributed by atoms with van der Waals surface area (Å²) >= 11 is 0. The van der Waals surface area contributed by atoms with Gasteiger partial charge in [-0.2, -0.15) is 13.2 Å². The largest absolute Gasteiger partial charge is 0.453 e. The minimum atomic E-state index is -4.58. The molecule has 2 unspecified atom stereocenters. The van der Waals surface area contributed by atoms with Crippen LogP contribution in [0, 0.1) is 6.92 Å². The van der Waals surface area contributed by atoms with Gasteiger partial charge in [0, 0.05) is 41.6 Å². The number of ether oxygens (including phenoxy) is 1. The molecule has 1 amide bonds. The van der Waals surface area contributed by atoms with Crippen LogP contribution in [-0.4, -0.2) is 55.5 Å². The molecule has 1 aromatic carbocycles. The van der Waals surface area contributed by atoms with E-state index < -0.39 is 24.1 Å². The number of piperidine rings is 1. The van der Waals surface area contributed by atoms with Crippen molar-refractivity contribution < 1.29 is 22.7 Å². The number of anilines is 1. The Kier molecular flexibility index (Phi) is 6.11. The molecule has 0 saturated carbocycles. The number of carbonyl (C=O) groups is 1. The molecule has 0 radical (unpaired) electrons. The summed E-state index contributed by atoms with van der Waals surface area (Å²) in [6.45, 7) is 3.44. The first-order valence-corrected chi connectivity index (χ1v) is 10.3. The van der Waals surface area contributed by atoms with Crippen LogP contribution in [0.3, 0.4) is 0 Å². The van der Waals surface area contributed by atoms with E-state index in [4.69, 9.17) is 0 Å². The lowest BCUT2D eigenvalue weighted by molar-refractivity contribution is -0.0867. The van der Waals surface area contributed by atoms with Crippen molar-refractivity contribution in [1.82, 2.24) is 20.9 Å². The first-order chi connectivity index (χ1) is 15.3. The maximum Gasteiger partial charge on any atom is 0.419 e. The van der Waals surface area contributed by atoms with Gasteiger partial charge in [-0.1, -0.05) is 6.07 Å². The van der Waals surface area contributed by atoms with E-state index in [-0.39, 0.29) is 11.8 Å². The Bertz CT molecular complexity index is 1070. The molecule has 11 heteroatoms. The Morgan fingerprint density at radius 3 is 2.81 bits per heavy atom. The number of alkyl halides is 3. The van der Waals surface area contributed by atoms with Crippen molar-refractivity contribution in [2.75, 3.05) is 25.5 Å². The smallest absolute Gasteiger partial charge is 0.419 e. The summed E-state index contributed by atoms with van der Waals surface area (Å²) in [4.78, 5) is 19.0. The van der Waals surface area contributed by atoms with Gasteiger partial charge < -0.3 is 20.4 Å². The van der Waals surface area contributed by atoms with Crippen LogP contribution in [0.2, 0.25) is 0 Å². The first-order valence-electron chi connectivity index (χ1n) is 10.3. The van der Waals surface area contributed by atoms with E-state index in [1.54, 1.807) is 19.1 Å². The van der Waals surface area contributed by atoms with Gasteiger partial charge in [0.25, 0.3) is 0 Å². The number of nitrogens with zero attached hydrogens (tertiary/aromatic N) is 1. The Balaban J connectivity index is 1.70. The summed E-state index contributed by atoms with van der Waals surface area (Å²) < 4.78 is 46.0. The average Bonchev–Trinajstić information content (AvgIpc) is 3.20. The second-order valence-corrected chi connectivity index (χ2v) is 7.79. The molecule has 2 aliphatic heterocycles. The van der Waals surface area contributed by atoms with E-state index in [0.717, 1.165) is 32.1 Å². The lowest BCUT2D eigenvalue weighted by atomic mass is 9.99. The Morgan fingerprint density at radius 2 is 2.12 bits per heavy atom. The summed E-state index contributed by atoms with van der Waals surface area (Å²) in [6, 6.07) is 3.41. The summed E-state index contributed by atoms with van der Waals surface area (Å²) in [5, 5.41) is 12.5. The zero-order chi connectivity index (χ0) is 22.9. The highest BCUT2D eigenvalue weighted by Crippen LogP contribution is 2.34. The fraction of sp³-hybridized carbons (Fsp3) is 0.429. The first kappa shape index (κ1) is 22.2. The van der Waals surface area contributed by atoms with Gasteiger partial charge in [-0.05, 0) is 37.9 Å². The molecule has 3 heterocycles. The van der Waals surface area contributed by atoms with Gasteiger partial charge in [0.05, 0.1) is 23.9 Å². The fourth-order valence-corrected chi connectivity index (χ4v) is 4.04. The quantitative estimate of drug-likeness (QED) is 0.493. The highest BCUT2D eigenvalue weighted by molar-refractivity contribution is 6.20. The number of hydrogen-bond acceptors (Lipinski definition) is 6. The van der Waals surface area contributed by atoms with E-state index in [2.05, 4.69) is 36.0 Å². The van der Waals surface area contributed by atoms with Crippen LogP contribution in [0.4, 0.5) is 23.7 Å². The molecule has 0 aliphatic carbocycles. The summed E-state index contributed by atoms with van der Waals surface area (Å²) in [7, 11) is 1.25. The van der Waals surface area contributed by atoms with Crippen molar-refractivity contribution in [3.05, 3.63) is 41.2 Å². The average molecular weight is 450 g/mol. The standard InChI is InChI=1S/C21H25F3N6O2/c1-11-16(29-20(31)32-2)6-5-13-14(9-26-17(11)13)18-15(21(22,23)24)10-27-19(30-18)28-12-4-3-7-25-8-12/h5-6,9-10,12,19,25-28H,3-4,7-8H2,1-2H3,(H,29,31). The predicted octanol–water partition coefficient (Wildman–Crippen LogP) is 3.12. The summed E-state index contributed by atoms with van der Waals surface area (Å²) in [5.74, 6) is 0. The van der Waals surface area contributed by atoms with E-state index in [1.807, 2.05) is 0 Å².